The summed E-state index contributed by atoms with van der Waals surface area (Å²) in [5.41, 5.74) is 0. The fourth-order valence-electron chi connectivity index (χ4n) is 3.27. The van der Waals surface area contributed by atoms with Gasteiger partial charge in [0.15, 0.2) is 0 Å². The van der Waals surface area contributed by atoms with Crippen LogP contribution in [0.25, 0.3) is 0 Å². The van der Waals surface area contributed by atoms with E-state index in [4.69, 9.17) is 12.6 Å². The molecule has 2 bridgehead atoms. The first-order valence-corrected chi connectivity index (χ1v) is 9.65. The standard InChI is InChI=1S/C16H35N5S/c22-16-11-14-12-19-6-4-2-1-3-5-17-7-8-18-9-10-20-13-15(16)21-14/h14-22H,1-13H2. The molecule has 2 saturated heterocycles. The van der Waals surface area contributed by atoms with Crippen molar-refractivity contribution in [3.63, 3.8) is 0 Å². The van der Waals surface area contributed by atoms with Gasteiger partial charge in [0.25, 0.3) is 0 Å². The fraction of sp³-hybridized carbons (Fsp3) is 1.00. The van der Waals surface area contributed by atoms with Gasteiger partial charge in [0, 0.05) is 56.6 Å². The molecule has 5 nitrogen and oxygen atoms in total. The number of thiol groups is 1. The van der Waals surface area contributed by atoms with Crippen LogP contribution < -0.4 is 26.6 Å². The molecule has 6 heteroatoms. The van der Waals surface area contributed by atoms with Crippen molar-refractivity contribution in [2.75, 3.05) is 52.4 Å². The van der Waals surface area contributed by atoms with Gasteiger partial charge in [0.1, 0.15) is 0 Å². The van der Waals surface area contributed by atoms with E-state index in [2.05, 4.69) is 26.6 Å². The van der Waals surface area contributed by atoms with Gasteiger partial charge in [0.05, 0.1) is 0 Å². The van der Waals surface area contributed by atoms with Gasteiger partial charge >= 0.3 is 0 Å². The van der Waals surface area contributed by atoms with E-state index in [1.54, 1.807) is 0 Å². The van der Waals surface area contributed by atoms with Gasteiger partial charge in [-0.05, 0) is 32.4 Å². The van der Waals surface area contributed by atoms with Crippen LogP contribution >= 0.6 is 12.6 Å². The number of hydrogen-bond acceptors (Lipinski definition) is 6. The maximum atomic E-state index is 4.75. The van der Waals surface area contributed by atoms with E-state index in [0.717, 1.165) is 52.4 Å². The molecule has 3 atom stereocenters. The van der Waals surface area contributed by atoms with Crippen LogP contribution in [0, 0.1) is 0 Å². The molecule has 130 valence electrons. The van der Waals surface area contributed by atoms with Gasteiger partial charge < -0.3 is 26.6 Å². The topological polar surface area (TPSA) is 60.1 Å². The smallest absolute Gasteiger partial charge is 0.0312 e. The average molecular weight is 330 g/mol. The zero-order valence-electron chi connectivity index (χ0n) is 13.9. The van der Waals surface area contributed by atoms with Gasteiger partial charge in [-0.2, -0.15) is 12.6 Å². The Bertz CT molecular complexity index is 279. The molecule has 0 amide bonds. The van der Waals surface area contributed by atoms with Gasteiger partial charge in [-0.3, -0.25) is 0 Å². The van der Waals surface area contributed by atoms with E-state index < -0.39 is 0 Å². The third-order valence-corrected chi connectivity index (χ3v) is 5.18. The lowest BCUT2D eigenvalue weighted by Gasteiger charge is -2.17. The molecule has 0 spiro atoms. The molecule has 0 aromatic heterocycles. The normalized spacial score (nSPS) is 34.5. The van der Waals surface area contributed by atoms with E-state index in [-0.39, 0.29) is 0 Å². The molecule has 0 aliphatic carbocycles. The predicted molar refractivity (Wildman–Crippen MR) is 98.0 cm³/mol. The van der Waals surface area contributed by atoms with Crippen LogP contribution in [0.4, 0.5) is 0 Å². The van der Waals surface area contributed by atoms with Crippen molar-refractivity contribution < 1.29 is 0 Å². The highest BCUT2D eigenvalue weighted by Crippen LogP contribution is 2.18. The van der Waals surface area contributed by atoms with Crippen molar-refractivity contribution >= 4 is 12.6 Å². The van der Waals surface area contributed by atoms with Crippen molar-refractivity contribution in [1.82, 2.24) is 26.6 Å². The highest BCUT2D eigenvalue weighted by molar-refractivity contribution is 7.81. The number of nitrogens with one attached hydrogen (secondary N) is 5. The van der Waals surface area contributed by atoms with Crippen LogP contribution in [0.15, 0.2) is 0 Å². The third-order valence-electron chi connectivity index (χ3n) is 4.61. The molecule has 2 heterocycles. The van der Waals surface area contributed by atoms with Crippen LogP contribution in [0.1, 0.15) is 32.1 Å². The maximum absolute atomic E-state index is 4.75. The predicted octanol–water partition coefficient (Wildman–Crippen LogP) is -0.0523. The van der Waals surface area contributed by atoms with Crippen molar-refractivity contribution in [3.05, 3.63) is 0 Å². The van der Waals surface area contributed by atoms with Crippen LogP contribution in [-0.2, 0) is 0 Å². The van der Waals surface area contributed by atoms with Crippen molar-refractivity contribution in [1.29, 1.82) is 0 Å². The minimum absolute atomic E-state index is 0.474. The van der Waals surface area contributed by atoms with Crippen LogP contribution in [0.2, 0.25) is 0 Å². The zero-order valence-corrected chi connectivity index (χ0v) is 14.8. The summed E-state index contributed by atoms with van der Waals surface area (Å²) in [5.74, 6) is 0. The summed E-state index contributed by atoms with van der Waals surface area (Å²) in [6, 6.07) is 1.08. The molecule has 22 heavy (non-hydrogen) atoms. The molecule has 5 N–H and O–H groups in total. The summed E-state index contributed by atoms with van der Waals surface area (Å²) in [6.07, 6.45) is 6.45. The minimum Gasteiger partial charge on any atom is -0.315 e. The van der Waals surface area contributed by atoms with E-state index >= 15 is 0 Å². The van der Waals surface area contributed by atoms with Crippen LogP contribution in [0.5, 0.6) is 0 Å². The first-order valence-electron chi connectivity index (χ1n) is 9.13. The van der Waals surface area contributed by atoms with E-state index in [1.165, 1.54) is 32.1 Å². The largest absolute Gasteiger partial charge is 0.315 e. The lowest BCUT2D eigenvalue weighted by Crippen LogP contribution is -2.44. The van der Waals surface area contributed by atoms with Crippen molar-refractivity contribution in [2.24, 2.45) is 0 Å². The molecule has 2 aliphatic rings. The highest BCUT2D eigenvalue weighted by Gasteiger charge is 2.30. The maximum Gasteiger partial charge on any atom is 0.0312 e. The van der Waals surface area contributed by atoms with E-state index in [9.17, 15) is 0 Å². The molecule has 0 saturated carbocycles. The van der Waals surface area contributed by atoms with Gasteiger partial charge in [-0.25, -0.2) is 0 Å². The van der Waals surface area contributed by atoms with E-state index in [1.807, 2.05) is 0 Å². The lowest BCUT2D eigenvalue weighted by molar-refractivity contribution is 0.474. The molecular formula is C16H35N5S. The molecule has 2 fully saturated rings. The summed E-state index contributed by atoms with van der Waals surface area (Å²) in [5, 5.41) is 18.3. The Balaban J connectivity index is 1.67. The second-order valence-corrected chi connectivity index (χ2v) is 7.26. The van der Waals surface area contributed by atoms with E-state index in [0.29, 0.717) is 17.3 Å². The number of fused-ring (bicyclic) bond motifs is 2. The van der Waals surface area contributed by atoms with Gasteiger partial charge in [-0.1, -0.05) is 12.8 Å². The van der Waals surface area contributed by atoms with Crippen molar-refractivity contribution in [3.8, 4) is 0 Å². The number of hydrogen-bond donors (Lipinski definition) is 6. The summed E-state index contributed by atoms with van der Waals surface area (Å²) in [4.78, 5) is 0. The Morgan fingerprint density at radius 2 is 1.23 bits per heavy atom. The molecule has 3 unspecified atom stereocenters. The Hall–Kier alpha value is 0.150. The lowest BCUT2D eigenvalue weighted by atomic mass is 10.1. The first-order chi connectivity index (χ1) is 10.9. The van der Waals surface area contributed by atoms with Crippen LogP contribution in [-0.4, -0.2) is 69.7 Å². The number of rotatable bonds is 0. The molecule has 0 radical (unpaired) electrons. The minimum atomic E-state index is 0.474. The molecule has 2 rings (SSSR count). The molecule has 2 aliphatic heterocycles. The molecule has 0 aromatic rings. The SMILES string of the molecule is SC1CC2CNCCCCCCNCCNCCNCC1N2. The first kappa shape index (κ1) is 18.5. The quantitative estimate of drug-likeness (QED) is 0.352. The summed E-state index contributed by atoms with van der Waals surface area (Å²) in [6.45, 7) is 8.61. The Morgan fingerprint density at radius 3 is 2.00 bits per heavy atom. The second-order valence-electron chi connectivity index (χ2n) is 6.60. The third kappa shape index (κ3) is 7.62. The fourth-order valence-corrected chi connectivity index (χ4v) is 3.71. The second kappa shape index (κ2) is 11.6. The molecular weight excluding hydrogens is 294 g/mol. The van der Waals surface area contributed by atoms with Crippen LogP contribution in [0.3, 0.4) is 0 Å². The summed E-state index contributed by atoms with van der Waals surface area (Å²) < 4.78 is 0. The highest BCUT2D eigenvalue weighted by atomic mass is 32.1. The monoisotopic (exact) mass is 329 g/mol. The zero-order chi connectivity index (χ0) is 15.5. The summed E-state index contributed by atoms with van der Waals surface area (Å²) in [7, 11) is 0. The van der Waals surface area contributed by atoms with Gasteiger partial charge in [0.2, 0.25) is 0 Å². The Labute approximate surface area is 141 Å². The Kier molecular flexibility index (Phi) is 9.79. The summed E-state index contributed by atoms with van der Waals surface area (Å²) >= 11 is 4.75. The average Bonchev–Trinajstić information content (AvgIpc) is 2.86. The van der Waals surface area contributed by atoms with Crippen molar-refractivity contribution in [2.45, 2.75) is 49.4 Å². The molecule has 0 aromatic carbocycles. The van der Waals surface area contributed by atoms with Gasteiger partial charge in [-0.15, -0.1) is 0 Å². The Morgan fingerprint density at radius 1 is 0.636 bits per heavy atom.